The second kappa shape index (κ2) is 68.6. The first-order valence-corrected chi connectivity index (χ1v) is 38.1. The van der Waals surface area contributed by atoms with Crippen molar-refractivity contribution in [3.05, 3.63) is 39.3 Å². The van der Waals surface area contributed by atoms with E-state index in [0.717, 1.165) is 149 Å². The van der Waals surface area contributed by atoms with E-state index in [1.165, 1.54) is 0 Å². The molecule has 0 bridgehead atoms. The Bertz CT molecular complexity index is 2000. The van der Waals surface area contributed by atoms with Crippen molar-refractivity contribution in [1.29, 1.82) is 0 Å². The number of likely N-dealkylation sites (tertiary alicyclic amines) is 1. The maximum absolute atomic E-state index is 10.7. The van der Waals surface area contributed by atoms with Gasteiger partial charge in [-0.2, -0.15) is 0 Å². The summed E-state index contributed by atoms with van der Waals surface area (Å²) in [5.74, 6) is 0.724. The third kappa shape index (κ3) is 60.8. The van der Waals surface area contributed by atoms with E-state index in [2.05, 4.69) is 136 Å². The molecule has 0 aliphatic carbocycles. The number of nitrogens with one attached hydrogen (secondary N) is 17. The van der Waals surface area contributed by atoms with Crippen LogP contribution in [-0.2, 0) is 0 Å². The van der Waals surface area contributed by atoms with E-state index in [0.29, 0.717) is 117 Å². The van der Waals surface area contributed by atoms with Crippen LogP contribution in [0.1, 0.15) is 104 Å². The van der Waals surface area contributed by atoms with Crippen molar-refractivity contribution in [2.45, 2.75) is 171 Å². The van der Waals surface area contributed by atoms with E-state index in [4.69, 9.17) is 57.3 Å². The van der Waals surface area contributed by atoms with Gasteiger partial charge in [-0.1, -0.05) is 13.8 Å². The van der Waals surface area contributed by atoms with E-state index in [1.54, 1.807) is 6.92 Å². The highest BCUT2D eigenvalue weighted by atomic mass is 16.3. The van der Waals surface area contributed by atoms with E-state index < -0.39 is 6.10 Å². The molecule has 11 atom stereocenters. The monoisotopic (exact) mass is 1470 g/mol. The van der Waals surface area contributed by atoms with Crippen LogP contribution in [0.25, 0.3) is 0 Å². The predicted molar refractivity (Wildman–Crippen MR) is 425 cm³/mol. The van der Waals surface area contributed by atoms with Gasteiger partial charge in [-0.15, -0.1) is 0 Å². The molecule has 0 unspecified atom stereocenters. The third-order valence-electron chi connectivity index (χ3n) is 17.4. The molecule has 0 aromatic heterocycles. The average molecular weight is 1470 g/mol. The number of rotatable bonds is 77. The quantitative estimate of drug-likeness (QED) is 0.0116. The van der Waals surface area contributed by atoms with E-state index in [1.807, 2.05) is 32.7 Å². The van der Waals surface area contributed by atoms with E-state index in [9.17, 15) is 20.4 Å². The zero-order valence-corrected chi connectivity index (χ0v) is 63.4. The van der Waals surface area contributed by atoms with E-state index in [-0.39, 0.29) is 98.0 Å². The number of hydrogen-bond acceptors (Lipinski definition) is 28. The average Bonchev–Trinajstić information content (AvgIpc) is 1.79. The van der Waals surface area contributed by atoms with Crippen molar-refractivity contribution in [2.75, 3.05) is 190 Å². The summed E-state index contributed by atoms with van der Waals surface area (Å²) < 4.78 is 0. The lowest BCUT2D eigenvalue weighted by atomic mass is 10.0. The zero-order valence-electron chi connectivity index (χ0n) is 63.4. The van der Waals surface area contributed by atoms with Gasteiger partial charge < -0.3 is 168 Å². The second-order valence-corrected chi connectivity index (χ2v) is 27.0. The Balaban J connectivity index is 2.69. The number of nitrogens with two attached hydrogens (primary N) is 10. The van der Waals surface area contributed by atoms with Crippen LogP contribution < -0.4 is 148 Å². The Labute approximate surface area is 620 Å². The molecule has 1 heterocycles. The fourth-order valence-corrected chi connectivity index (χ4v) is 11.3. The number of unbranched alkanes of at least 4 members (excludes halogenated alkanes) is 1. The fourth-order valence-electron chi connectivity index (χ4n) is 11.3. The zero-order chi connectivity index (χ0) is 75.6. The van der Waals surface area contributed by atoms with Crippen LogP contribution in [0.3, 0.4) is 0 Å². The molecule has 1 fully saturated rings. The van der Waals surface area contributed by atoms with Crippen molar-refractivity contribution in [2.24, 2.45) is 83.2 Å². The third-order valence-corrected chi connectivity index (χ3v) is 17.4. The fraction of sp³-hybridized carbons (Fsp3) is 0.851. The number of aliphatic imine (C=N–C) groups is 4. The molecule has 0 aromatic rings. The minimum absolute atomic E-state index is 0.00236. The summed E-state index contributed by atoms with van der Waals surface area (Å²) in [5.41, 5.74) is 56.7. The Hall–Kier alpha value is -3.88. The molecule has 0 aromatic carbocycles. The van der Waals surface area contributed by atoms with Gasteiger partial charge in [0.15, 0.2) is 23.8 Å². The minimum Gasteiger partial charge on any atom is -0.395 e. The highest BCUT2D eigenvalue weighted by molar-refractivity contribution is 5.76. The van der Waals surface area contributed by atoms with Crippen molar-refractivity contribution < 1.29 is 20.4 Å². The van der Waals surface area contributed by atoms with Crippen LogP contribution in [0.15, 0.2) is 20.0 Å². The maximum Gasteiger partial charge on any atom is 0.185 e. The Morgan fingerprint density at radius 3 is 1.34 bits per heavy atom. The topological polar surface area (TPSA) is 598 Å². The highest BCUT2D eigenvalue weighted by Gasteiger charge is 2.26. The molecular formula is C67H152N32O4. The molecule has 0 saturated carbocycles. The van der Waals surface area contributed by atoms with Crippen molar-refractivity contribution >= 4 is 23.8 Å². The minimum atomic E-state index is -0.577. The predicted octanol–water partition coefficient (Wildman–Crippen LogP) is -8.96. The van der Waals surface area contributed by atoms with Gasteiger partial charge in [0.25, 0.3) is 0 Å². The molecule has 103 heavy (non-hydrogen) atoms. The second-order valence-electron chi connectivity index (χ2n) is 27.0. The standard InChI is InChI=1S/C67H152N32O4/c1-52(2)37-58(94-44-60(49-101)96-42-57(14-9-21-91-67(76)77)98-46-62-15-10-35-99(62)36-34-85-47-63(69)53(3)103)43-93-55(12-7-19-89-65(72)73)40-92-56(13-8-20-90-66(74)75)41-95-61(50-102)45-97-59(48-100)39-84-31-29-81-25-24-79-26-27-82-32-33-87-54(11-6-18-88-64(70)71)38-83-30-28-80-23-22-78-16-4-5-17-86-51-68/h16,23,25,30-31,34,52-63,78-87,92-98,100-103H,4-15,17-22,24,26-29,32-33,35-51,68-69H2,1-3H3,(H4,70,71,88)(H4,72,73,89)(H4,74,75,90)(H4,76,77,91)/t53-,54+,55+,56+,57+,58+,59-,60-,61-,62+,63-/m1/s1. The highest BCUT2D eigenvalue weighted by Crippen LogP contribution is 2.17. The molecular weight excluding hydrogens is 1320 g/mol. The summed E-state index contributed by atoms with van der Waals surface area (Å²) in [6.45, 7) is 35.6. The SMILES string of the molecule is CC(C)C[C@@H](CN[C@@H](CCCN=C(N)N)CN[C@@H](CCCN=C(N)N)CN[C@@H](CO)CN[C@@H](CO)CN[CH]CN[CH]CNCCNCCN[C@@H](CCCN=C(N)N)CN[CH]CN[CH]CN[CH]CCCNCN)NC[C@H](CO)NC[C@H](CCCN=C(N)N)NC[C@@H]1CCCN1C[CH]NC[C@@H](N)[C@@H](C)O. The number of nitrogens with zero attached hydrogens (tertiary/aromatic N) is 5. The van der Waals surface area contributed by atoms with Gasteiger partial charge >= 0.3 is 0 Å². The van der Waals surface area contributed by atoms with Gasteiger partial charge in [0, 0.05) is 257 Å². The smallest absolute Gasteiger partial charge is 0.185 e. The molecule has 1 saturated heterocycles. The van der Waals surface area contributed by atoms with Gasteiger partial charge in [0.1, 0.15) is 0 Å². The number of hydrogen-bond donors (Lipinski definition) is 31. The number of aliphatic hydroxyl groups excluding tert-OH is 4. The van der Waals surface area contributed by atoms with Crippen molar-refractivity contribution in [3.8, 4) is 0 Å². The summed E-state index contributed by atoms with van der Waals surface area (Å²) in [7, 11) is 0. The molecule has 6 radical (unpaired) electrons. The number of aliphatic hydroxyl groups is 4. The summed E-state index contributed by atoms with van der Waals surface area (Å²) in [4.78, 5) is 19.3. The van der Waals surface area contributed by atoms with Crippen molar-refractivity contribution in [1.82, 2.24) is 95.3 Å². The van der Waals surface area contributed by atoms with Crippen LogP contribution >= 0.6 is 0 Å². The first-order valence-electron chi connectivity index (χ1n) is 38.1. The summed E-state index contributed by atoms with van der Waals surface area (Å²) >= 11 is 0. The summed E-state index contributed by atoms with van der Waals surface area (Å²) in [5, 5.41) is 101. The Morgan fingerprint density at radius 2 is 0.845 bits per heavy atom. The van der Waals surface area contributed by atoms with Gasteiger partial charge in [0.05, 0.1) is 25.9 Å². The van der Waals surface area contributed by atoms with Gasteiger partial charge in [0.2, 0.25) is 0 Å². The van der Waals surface area contributed by atoms with Gasteiger partial charge in [-0.25, -0.2) is 0 Å². The lowest BCUT2D eigenvalue weighted by Gasteiger charge is -2.30. The first kappa shape index (κ1) is 97.1. The van der Waals surface area contributed by atoms with Gasteiger partial charge in [-0.05, 0) is 109 Å². The molecule has 36 nitrogen and oxygen atoms in total. The molecule has 0 spiro atoms. The van der Waals surface area contributed by atoms with Crippen LogP contribution in [0.2, 0.25) is 0 Å². The largest absolute Gasteiger partial charge is 0.395 e. The molecule has 1 aliphatic heterocycles. The molecule has 1 rings (SSSR count). The summed E-state index contributed by atoms with van der Waals surface area (Å²) in [6.07, 6.45) is 11.1. The van der Waals surface area contributed by atoms with Crippen LogP contribution in [0, 0.1) is 45.2 Å². The lowest BCUT2D eigenvalue weighted by molar-refractivity contribution is 0.162. The lowest BCUT2D eigenvalue weighted by Crippen LogP contribution is -2.54. The van der Waals surface area contributed by atoms with Crippen LogP contribution in [0.5, 0.6) is 0 Å². The van der Waals surface area contributed by atoms with Gasteiger partial charge in [-0.3, -0.25) is 24.9 Å². The van der Waals surface area contributed by atoms with Crippen LogP contribution in [0.4, 0.5) is 0 Å². The molecule has 0 amide bonds. The van der Waals surface area contributed by atoms with Crippen molar-refractivity contribution in [3.63, 3.8) is 0 Å². The summed E-state index contributed by atoms with van der Waals surface area (Å²) in [6, 6.07) is -0.126. The van der Waals surface area contributed by atoms with E-state index >= 15 is 0 Å². The molecule has 41 N–H and O–H groups in total. The number of guanidine groups is 4. The Kier molecular flexibility index (Phi) is 64.7. The molecule has 604 valence electrons. The Morgan fingerprint density at radius 1 is 0.437 bits per heavy atom. The first-order chi connectivity index (χ1) is 49.9. The molecule has 1 aliphatic rings. The maximum atomic E-state index is 10.7. The normalized spacial score (nSPS) is 16.4. The van der Waals surface area contributed by atoms with Crippen LogP contribution in [-0.4, -0.2) is 306 Å². The molecule has 36 heteroatoms.